The molecule has 1 unspecified atom stereocenters. The molecule has 404 valence electrons. The van der Waals surface area contributed by atoms with Crippen molar-refractivity contribution in [2.24, 2.45) is 11.8 Å². The molecule has 12 aliphatic heterocycles. The van der Waals surface area contributed by atoms with Gasteiger partial charge in [-0.1, -0.05) is 59.9 Å². The largest absolute Gasteiger partial charge is 0.497 e. The highest BCUT2D eigenvalue weighted by molar-refractivity contribution is 6.74. The maximum Gasteiger partial charge on any atom is 0.308 e. The molecule has 12 saturated heterocycles. The average Bonchev–Trinajstić information content (AvgIpc) is 4.03. The number of methoxy groups -OCH3 is 1. The van der Waals surface area contributed by atoms with Crippen LogP contribution in [-0.4, -0.2) is 155 Å². The molecule has 0 saturated carbocycles. The Bertz CT molecular complexity index is 2240. The second-order valence-electron chi connectivity index (χ2n) is 24.9. The summed E-state index contributed by atoms with van der Waals surface area (Å²) in [4.78, 5) is 14.6. The molecule has 17 heteroatoms. The van der Waals surface area contributed by atoms with Crippen molar-refractivity contribution in [3.63, 3.8) is 0 Å². The van der Waals surface area contributed by atoms with Crippen molar-refractivity contribution in [2.75, 3.05) is 13.7 Å². The Balaban J connectivity index is 0.842. The molecular formula is C56H80O16Si. The fourth-order valence-corrected chi connectivity index (χ4v) is 15.5. The zero-order valence-electron chi connectivity index (χ0n) is 44.1. The molecule has 0 radical (unpaired) electrons. The van der Waals surface area contributed by atoms with E-state index in [1.165, 1.54) is 0 Å². The molecule has 1 aromatic rings. The number of rotatable bonds is 6. The van der Waals surface area contributed by atoms with Crippen LogP contribution in [0, 0.1) is 11.8 Å². The van der Waals surface area contributed by atoms with Crippen LogP contribution in [0.3, 0.4) is 0 Å². The number of carbonyl (C=O) groups is 1. The van der Waals surface area contributed by atoms with Gasteiger partial charge in [0.1, 0.15) is 42.4 Å². The Hall–Kier alpha value is -2.33. The fourth-order valence-electron chi connectivity index (χ4n) is 14.2. The van der Waals surface area contributed by atoms with Gasteiger partial charge in [0.25, 0.3) is 0 Å². The third-order valence-electron chi connectivity index (χ3n) is 19.2. The van der Waals surface area contributed by atoms with Gasteiger partial charge in [-0.2, -0.15) is 0 Å². The smallest absolute Gasteiger partial charge is 0.308 e. The van der Waals surface area contributed by atoms with Gasteiger partial charge >= 0.3 is 5.97 Å². The summed E-state index contributed by atoms with van der Waals surface area (Å²) < 4.78 is 96.5. The van der Waals surface area contributed by atoms with Crippen LogP contribution in [0.2, 0.25) is 18.1 Å². The van der Waals surface area contributed by atoms with Crippen LogP contribution < -0.4 is 4.74 Å². The lowest BCUT2D eigenvalue weighted by molar-refractivity contribution is -0.329. The fraction of sp³-hybridized carbons (Fsp3) is 0.804. The number of carbonyl (C=O) groups excluding carboxylic acids is 1. The van der Waals surface area contributed by atoms with Gasteiger partial charge in [0, 0.05) is 37.4 Å². The lowest BCUT2D eigenvalue weighted by Gasteiger charge is -2.53. The van der Waals surface area contributed by atoms with E-state index in [2.05, 4.69) is 60.9 Å². The van der Waals surface area contributed by atoms with Crippen molar-refractivity contribution < 1.29 is 75.9 Å². The molecule has 73 heavy (non-hydrogen) atoms. The van der Waals surface area contributed by atoms with Crippen molar-refractivity contribution in [3.8, 4) is 5.75 Å². The molecule has 12 fully saturated rings. The van der Waals surface area contributed by atoms with Crippen LogP contribution in [0.5, 0.6) is 5.75 Å². The Morgan fingerprint density at radius 1 is 0.726 bits per heavy atom. The molecule has 0 aromatic heterocycles. The molecule has 16 nitrogen and oxygen atoms in total. The van der Waals surface area contributed by atoms with Crippen LogP contribution in [0.4, 0.5) is 0 Å². The highest BCUT2D eigenvalue weighted by Gasteiger charge is 2.83. The number of hydrogen-bond acceptors (Lipinski definition) is 16. The highest BCUT2D eigenvalue weighted by atomic mass is 28.4. The molecule has 12 aliphatic rings. The van der Waals surface area contributed by atoms with Crippen LogP contribution in [-0.2, 0) is 66.1 Å². The molecule has 12 heterocycles. The Morgan fingerprint density at radius 2 is 1.47 bits per heavy atom. The van der Waals surface area contributed by atoms with Gasteiger partial charge in [0.05, 0.1) is 80.7 Å². The number of esters is 1. The molecular weight excluding hydrogens is 957 g/mol. The molecule has 13 rings (SSSR count). The quantitative estimate of drug-likeness (QED) is 0.167. The van der Waals surface area contributed by atoms with E-state index in [9.17, 15) is 9.90 Å². The van der Waals surface area contributed by atoms with E-state index in [4.69, 9.17) is 66.0 Å². The lowest BCUT2D eigenvalue weighted by Crippen LogP contribution is -2.63. The van der Waals surface area contributed by atoms with Gasteiger partial charge in [-0.05, 0) is 98.7 Å². The van der Waals surface area contributed by atoms with E-state index in [1.807, 2.05) is 24.3 Å². The van der Waals surface area contributed by atoms with E-state index in [0.29, 0.717) is 44.9 Å². The second-order valence-corrected chi connectivity index (χ2v) is 29.6. The zero-order chi connectivity index (χ0) is 50.9. The minimum Gasteiger partial charge on any atom is -0.497 e. The number of fused-ring (bicyclic) bond motifs is 7. The third-order valence-corrected chi connectivity index (χ3v) is 23.7. The molecule has 23 atom stereocenters. The summed E-state index contributed by atoms with van der Waals surface area (Å²) in [6, 6.07) is 7.66. The Labute approximate surface area is 431 Å². The monoisotopic (exact) mass is 1040 g/mol. The van der Waals surface area contributed by atoms with Crippen LogP contribution in [0.1, 0.15) is 124 Å². The molecule has 1 N–H and O–H groups in total. The topological polar surface area (TPSA) is 167 Å². The summed E-state index contributed by atoms with van der Waals surface area (Å²) in [5, 5.41) is 10.3. The van der Waals surface area contributed by atoms with Crippen LogP contribution in [0.15, 0.2) is 48.6 Å². The molecule has 2 spiro atoms. The van der Waals surface area contributed by atoms with Gasteiger partial charge < -0.3 is 71.1 Å². The number of hydrogen-bond donors (Lipinski definition) is 1. The summed E-state index contributed by atoms with van der Waals surface area (Å²) in [7, 11) is -0.593. The number of ether oxygens (including phenoxy) is 13. The van der Waals surface area contributed by atoms with Crippen LogP contribution >= 0.6 is 0 Å². The predicted octanol–water partition coefficient (Wildman–Crippen LogP) is 7.68. The van der Waals surface area contributed by atoms with Crippen molar-refractivity contribution >= 4 is 14.3 Å². The summed E-state index contributed by atoms with van der Waals surface area (Å²) in [5.74, 6) is -2.27. The lowest BCUT2D eigenvalue weighted by atomic mass is 9.79. The Morgan fingerprint density at radius 3 is 2.23 bits per heavy atom. The maximum absolute atomic E-state index is 14.6. The van der Waals surface area contributed by atoms with Crippen molar-refractivity contribution in [1.82, 2.24) is 0 Å². The van der Waals surface area contributed by atoms with Crippen molar-refractivity contribution in [1.29, 1.82) is 0 Å². The summed E-state index contributed by atoms with van der Waals surface area (Å²) in [6.07, 6.45) is -1.36. The molecule has 1 aromatic carbocycles. The van der Waals surface area contributed by atoms with Gasteiger partial charge in [-0.15, -0.1) is 0 Å². The average molecular weight is 1040 g/mol. The predicted molar refractivity (Wildman–Crippen MR) is 265 cm³/mol. The minimum atomic E-state index is -2.23. The first-order valence-electron chi connectivity index (χ1n) is 27.6. The Kier molecular flexibility index (Phi) is 13.6. The molecule has 0 aliphatic carbocycles. The number of aliphatic hydroxyl groups is 1. The number of aliphatic hydroxyl groups excluding tert-OH is 1. The first kappa shape index (κ1) is 51.4. The minimum absolute atomic E-state index is 0.0216. The van der Waals surface area contributed by atoms with E-state index >= 15 is 0 Å². The summed E-state index contributed by atoms with van der Waals surface area (Å²) in [5.41, 5.74) is 2.92. The van der Waals surface area contributed by atoms with Crippen molar-refractivity contribution in [3.05, 3.63) is 54.1 Å². The van der Waals surface area contributed by atoms with Crippen LogP contribution in [0.25, 0.3) is 0 Å². The number of benzene rings is 1. The first-order chi connectivity index (χ1) is 34.9. The van der Waals surface area contributed by atoms with Crippen molar-refractivity contribution in [2.45, 2.75) is 258 Å². The highest BCUT2D eigenvalue weighted by Crippen LogP contribution is 2.64. The van der Waals surface area contributed by atoms with Gasteiger partial charge in [-0.25, -0.2) is 0 Å². The van der Waals surface area contributed by atoms with Gasteiger partial charge in [0.15, 0.2) is 20.7 Å². The normalized spacial score (nSPS) is 48.6. The maximum atomic E-state index is 14.6. The van der Waals surface area contributed by atoms with E-state index in [1.54, 1.807) is 7.11 Å². The summed E-state index contributed by atoms with van der Waals surface area (Å²) in [6.45, 7) is 24.6. The SMILES string of the molecule is C=C1C[C@@H]2CC[C@]34O[C@@H]5[C@@H]6OC7(O[C@@H](c8ccc(OC)cc8)O[C@H]73)[C@H](O4)[C@@H]6O[C@H]3CC[C@H](CC(=O)O[C@@H]4[C@@H](C)[C@@H]6O[C@H](CCO)[C@H](O[Si](C)(C)C(C)(C)C)C[C@@H]6O[C@H]4C[C@H]4O[C@@H](CC[C@@H]1O2)C[C@@H](C)C4=C)O[C@H]53. The van der Waals surface area contributed by atoms with E-state index in [0.717, 1.165) is 48.1 Å². The second kappa shape index (κ2) is 19.2. The molecule has 0 amide bonds. The van der Waals surface area contributed by atoms with Gasteiger partial charge in [-0.3, -0.25) is 4.79 Å². The first-order valence-corrected chi connectivity index (χ1v) is 30.5. The van der Waals surface area contributed by atoms with Gasteiger partial charge in [0.2, 0.25) is 11.6 Å². The van der Waals surface area contributed by atoms with E-state index < -0.39 is 87.2 Å². The summed E-state index contributed by atoms with van der Waals surface area (Å²) >= 11 is 0. The van der Waals surface area contributed by atoms with E-state index in [-0.39, 0.29) is 84.7 Å². The standard InChI is InChI=1S/C56H80O16Si/c1-28-23-34-15-17-37-29(2)24-36(60-37)19-21-55-53-56(71-52(67-53)32-11-13-33(59-8)14-12-32)51(70-55)50-49(69-56)48(68-55)47-39(65-50)18-16-35(62-47)25-44(58)66-46-31(4)45-43(63-42(46)26-40(61-34)30(28)3)27-41(38(64-45)20-22-57)72-73(9,10)54(5,6)7/h11-14,28,31,34-43,45-53,57H,2-3,15-27H2,1,4-10H3/t28-,31+,34+,35-,36+,37+,38-,39+,40-,41-,42+,43+,45+,46-,47+,48+,49+,50-,51-,52+,53+,55-,56?/m1/s1. The molecule has 12 bridgehead atoms. The zero-order valence-corrected chi connectivity index (χ0v) is 45.1. The third kappa shape index (κ3) is 8.96.